The zero-order valence-electron chi connectivity index (χ0n) is 5.19. The first kappa shape index (κ1) is 17.3. The molecule has 0 radical (unpaired) electrons. The largest absolute Gasteiger partial charge is 1.00 e. The van der Waals surface area contributed by atoms with Crippen molar-refractivity contribution in [1.29, 1.82) is 0 Å². The van der Waals surface area contributed by atoms with E-state index in [1.807, 2.05) is 0 Å². The molecule has 0 heterocycles. The second kappa shape index (κ2) is 12.8. The summed E-state index contributed by atoms with van der Waals surface area (Å²) in [5, 5.41) is 18.7. The molecule has 0 N–H and O–H groups in total. The molecule has 0 aromatic rings. The molecule has 0 aliphatic rings. The van der Waals surface area contributed by atoms with Gasteiger partial charge in [0, 0.05) is 0 Å². The summed E-state index contributed by atoms with van der Waals surface area (Å²) in [6.45, 7) is -0.794. The van der Waals surface area contributed by atoms with Crippen LogP contribution < -0.4 is 113 Å². The van der Waals surface area contributed by atoms with Gasteiger partial charge in [-0.1, -0.05) is 6.32 Å². The van der Waals surface area contributed by atoms with Crippen molar-refractivity contribution in [3.8, 4) is 0 Å². The smallest absolute Gasteiger partial charge is 0.893 e. The molecule has 0 aliphatic carbocycles. The zero-order chi connectivity index (χ0) is 4.99. The molecule has 0 saturated carbocycles. The van der Waals surface area contributed by atoms with E-state index in [9.17, 15) is 14.4 Å². The van der Waals surface area contributed by atoms with Crippen molar-refractivity contribution in [3.05, 3.63) is 0 Å². The Morgan fingerprint density at radius 1 is 1.25 bits per heavy atom. The minimum absolute atomic E-state index is 0. The van der Waals surface area contributed by atoms with E-state index in [2.05, 4.69) is 0 Å². The Morgan fingerprint density at radius 2 is 1.62 bits per heavy atom. The summed E-state index contributed by atoms with van der Waals surface area (Å²) < 4.78 is 10.8. The Bertz CT molecular complexity index is 39.2. The Balaban J connectivity index is -0.000000125. The molecule has 0 atom stereocenters. The van der Waals surface area contributed by atoms with Crippen LogP contribution in [0.3, 0.4) is 0 Å². The van der Waals surface area contributed by atoms with Crippen molar-refractivity contribution in [2.75, 3.05) is 6.67 Å². The second-order valence-corrected chi connectivity index (χ2v) is 0.907. The van der Waals surface area contributed by atoms with Gasteiger partial charge in [-0.3, -0.25) is 4.39 Å². The maximum atomic E-state index is 10.8. The molecule has 0 rings (SSSR count). The Kier molecular flexibility index (Phi) is 27.8. The topological polar surface area (TPSA) is 46.1 Å². The van der Waals surface area contributed by atoms with E-state index < -0.39 is 20.1 Å². The molecular weight excluding hydrogens is 164 g/mol. The molecule has 0 unspecified atom stereocenters. The van der Waals surface area contributed by atoms with Crippen LogP contribution in [0.1, 0.15) is 0 Å². The monoisotopic (exact) mass is 168 g/mol. The predicted octanol–water partition coefficient (Wildman–Crippen LogP) is -7.83. The third kappa shape index (κ3) is 16.1. The predicted molar refractivity (Wildman–Crippen MR) is 16.5 cm³/mol. The van der Waals surface area contributed by atoms with Gasteiger partial charge in [0.25, 0.3) is 0 Å². The number of hydrogen-bond donors (Lipinski definition) is 0. The Morgan fingerprint density at radius 3 is 1.62 bits per heavy atom. The average molecular weight is 168 g/mol. The first-order chi connectivity index (χ1) is 2.77. The molecule has 6 heteroatoms. The Labute approximate surface area is 134 Å². The van der Waals surface area contributed by atoms with Crippen molar-refractivity contribution in [3.63, 3.8) is 0 Å². The van der Waals surface area contributed by atoms with Crippen molar-refractivity contribution < 1.29 is 117 Å². The summed E-state index contributed by atoms with van der Waals surface area (Å²) in [5.41, 5.74) is 0. The number of hydrogen-bond acceptors (Lipinski definition) is 2. The standard InChI is InChI=1S/C2H4BFO2.2K/c4-2-1-3(5)6;;/h1-2H2;;/q-2;2*+1. The average Bonchev–Trinajstić information content (AvgIpc) is 1.35. The minimum atomic E-state index is -1.98. The maximum absolute atomic E-state index is 10.8. The minimum Gasteiger partial charge on any atom is -0.893 e. The van der Waals surface area contributed by atoms with E-state index in [0.29, 0.717) is 0 Å². The fourth-order valence-corrected chi connectivity index (χ4v) is 0.0891. The molecule has 0 amide bonds. The van der Waals surface area contributed by atoms with Crippen molar-refractivity contribution in [1.82, 2.24) is 0 Å². The van der Waals surface area contributed by atoms with Gasteiger partial charge in [-0.05, 0) is 0 Å². The van der Waals surface area contributed by atoms with E-state index in [1.165, 1.54) is 0 Å². The van der Waals surface area contributed by atoms with Crippen LogP contribution in [0.15, 0.2) is 0 Å². The van der Waals surface area contributed by atoms with Gasteiger partial charge in [-0.2, -0.15) is 0 Å². The van der Waals surface area contributed by atoms with Crippen LogP contribution in [0.25, 0.3) is 0 Å². The number of halogens is 1. The maximum Gasteiger partial charge on any atom is 1.00 e. The van der Waals surface area contributed by atoms with E-state index in [-0.39, 0.29) is 103 Å². The second-order valence-electron chi connectivity index (χ2n) is 0.907. The van der Waals surface area contributed by atoms with Crippen molar-refractivity contribution in [2.24, 2.45) is 0 Å². The molecule has 0 spiro atoms. The first-order valence-electron chi connectivity index (χ1n) is 1.65. The van der Waals surface area contributed by atoms with Gasteiger partial charge in [0.05, 0.1) is 6.67 Å². The van der Waals surface area contributed by atoms with Gasteiger partial charge in [-0.25, -0.2) is 0 Å². The SMILES string of the molecule is [K+].[K+].[O-]B([O-])CCF. The third-order valence-electron chi connectivity index (χ3n) is 0.345. The van der Waals surface area contributed by atoms with Crippen LogP contribution >= 0.6 is 0 Å². The van der Waals surface area contributed by atoms with Crippen LogP contribution in [0.5, 0.6) is 0 Å². The molecule has 36 valence electrons. The molecule has 0 aromatic heterocycles. The molecule has 0 bridgehead atoms. The quantitative estimate of drug-likeness (QED) is 0.384. The summed E-state index contributed by atoms with van der Waals surface area (Å²) in [6, 6.07) is 0. The van der Waals surface area contributed by atoms with E-state index in [1.54, 1.807) is 0 Å². The summed E-state index contributed by atoms with van der Waals surface area (Å²) in [5.74, 6) is 0. The fraction of sp³-hybridized carbons (Fsp3) is 1.00. The van der Waals surface area contributed by atoms with Crippen LogP contribution in [-0.2, 0) is 0 Å². The van der Waals surface area contributed by atoms with Crippen LogP contribution in [-0.4, -0.2) is 13.8 Å². The third-order valence-corrected chi connectivity index (χ3v) is 0.345. The zero-order valence-corrected chi connectivity index (χ0v) is 11.4. The number of rotatable bonds is 2. The molecule has 2 nitrogen and oxygen atoms in total. The molecule has 0 saturated heterocycles. The van der Waals surface area contributed by atoms with E-state index >= 15 is 0 Å². The van der Waals surface area contributed by atoms with Crippen LogP contribution in [0.2, 0.25) is 6.32 Å². The van der Waals surface area contributed by atoms with Gasteiger partial charge in [0.2, 0.25) is 0 Å². The molecule has 0 fully saturated rings. The Hall–Kier alpha value is 3.19. The van der Waals surface area contributed by atoms with Gasteiger partial charge in [0.1, 0.15) is 0 Å². The van der Waals surface area contributed by atoms with Gasteiger partial charge < -0.3 is 10.0 Å². The summed E-state index contributed by atoms with van der Waals surface area (Å²) in [4.78, 5) is 0. The van der Waals surface area contributed by atoms with Gasteiger partial charge in [0.15, 0.2) is 0 Å². The fourth-order valence-electron chi connectivity index (χ4n) is 0.0891. The van der Waals surface area contributed by atoms with Crippen molar-refractivity contribution in [2.45, 2.75) is 6.32 Å². The molecule has 0 aromatic carbocycles. The normalized spacial score (nSPS) is 6.38. The van der Waals surface area contributed by atoms with E-state index in [4.69, 9.17) is 0 Å². The van der Waals surface area contributed by atoms with Gasteiger partial charge >= 0.3 is 103 Å². The van der Waals surface area contributed by atoms with Crippen LogP contribution in [0.4, 0.5) is 4.39 Å². The molecule has 8 heavy (non-hydrogen) atoms. The number of alkyl halides is 1. The summed E-state index contributed by atoms with van der Waals surface area (Å²) in [6.07, 6.45) is -0.403. The van der Waals surface area contributed by atoms with Crippen molar-refractivity contribution >= 4 is 7.12 Å². The van der Waals surface area contributed by atoms with E-state index in [0.717, 1.165) is 0 Å². The van der Waals surface area contributed by atoms with Gasteiger partial charge in [-0.15, -0.1) is 7.12 Å². The molecular formula is C2H4BFK2O2. The van der Waals surface area contributed by atoms with Crippen LogP contribution in [0, 0.1) is 0 Å². The summed E-state index contributed by atoms with van der Waals surface area (Å²) >= 11 is 0. The summed E-state index contributed by atoms with van der Waals surface area (Å²) in [7, 11) is -1.98. The molecule has 0 aliphatic heterocycles. The first-order valence-corrected chi connectivity index (χ1v) is 1.65.